The monoisotopic (exact) mass is 305 g/mol. The maximum atomic E-state index is 14.0. The van der Waals surface area contributed by atoms with E-state index in [1.807, 2.05) is 0 Å². The Balaban J connectivity index is 1.93. The molecule has 0 atom stereocenters. The number of rotatable bonds is 3. The van der Waals surface area contributed by atoms with E-state index >= 15 is 0 Å². The number of amides is 1. The van der Waals surface area contributed by atoms with Crippen LogP contribution in [0.25, 0.3) is 0 Å². The minimum atomic E-state index is -1.01. The van der Waals surface area contributed by atoms with E-state index in [-0.39, 0.29) is 5.69 Å². The highest BCUT2D eigenvalue weighted by Crippen LogP contribution is 2.45. The topological polar surface area (TPSA) is 29.1 Å². The van der Waals surface area contributed by atoms with E-state index in [2.05, 4.69) is 5.32 Å². The average Bonchev–Trinajstić information content (AvgIpc) is 2.44. The molecule has 22 heavy (non-hydrogen) atoms. The first-order chi connectivity index (χ1) is 10.5. The molecule has 0 spiro atoms. The molecule has 5 heteroatoms. The van der Waals surface area contributed by atoms with Gasteiger partial charge in [-0.3, -0.25) is 4.79 Å². The van der Waals surface area contributed by atoms with Gasteiger partial charge in [-0.1, -0.05) is 24.6 Å². The molecule has 1 aliphatic carbocycles. The molecule has 2 aromatic rings. The maximum absolute atomic E-state index is 14.0. The molecule has 1 aliphatic rings. The molecule has 1 amide bonds. The van der Waals surface area contributed by atoms with Crippen molar-refractivity contribution >= 4 is 11.6 Å². The molecule has 0 aromatic heterocycles. The number of hydrogen-bond donors (Lipinski definition) is 1. The van der Waals surface area contributed by atoms with Crippen molar-refractivity contribution in [3.63, 3.8) is 0 Å². The first-order valence-corrected chi connectivity index (χ1v) is 7.04. The molecule has 1 N–H and O–H groups in total. The largest absolute Gasteiger partial charge is 0.323 e. The molecule has 114 valence electrons. The van der Waals surface area contributed by atoms with Crippen LogP contribution in [0, 0.1) is 17.5 Å². The van der Waals surface area contributed by atoms with E-state index in [0.29, 0.717) is 18.4 Å². The van der Waals surface area contributed by atoms with Crippen LogP contribution in [0.5, 0.6) is 0 Å². The lowest BCUT2D eigenvalue weighted by molar-refractivity contribution is -0.124. The van der Waals surface area contributed by atoms with E-state index in [0.717, 1.165) is 24.6 Å². The lowest BCUT2D eigenvalue weighted by Crippen LogP contribution is -2.46. The highest BCUT2D eigenvalue weighted by atomic mass is 19.1. The first-order valence-electron chi connectivity index (χ1n) is 7.04. The number of halogens is 3. The van der Waals surface area contributed by atoms with E-state index in [1.165, 1.54) is 6.07 Å². The van der Waals surface area contributed by atoms with Gasteiger partial charge >= 0.3 is 0 Å². The fourth-order valence-electron chi connectivity index (χ4n) is 2.83. The zero-order valence-electron chi connectivity index (χ0n) is 11.7. The molecule has 0 heterocycles. The summed E-state index contributed by atoms with van der Waals surface area (Å²) in [5, 5.41) is 2.40. The number of carbonyl (C=O) groups excluding carboxylic acids is 1. The van der Waals surface area contributed by atoms with Crippen LogP contribution >= 0.6 is 0 Å². The molecule has 2 nitrogen and oxygen atoms in total. The van der Waals surface area contributed by atoms with Crippen molar-refractivity contribution in [2.24, 2.45) is 0 Å². The predicted molar refractivity (Wildman–Crippen MR) is 76.9 cm³/mol. The number of nitrogens with one attached hydrogen (secondary N) is 1. The standard InChI is InChI=1S/C17H14F3NO/c18-11-6-7-14(20)15(10-11)21-16(22)17(8-3-9-17)12-4-1-2-5-13(12)19/h1-2,4-7,10H,3,8-9H2,(H,21,22). The van der Waals surface area contributed by atoms with Crippen molar-refractivity contribution in [2.75, 3.05) is 5.32 Å². The van der Waals surface area contributed by atoms with Crippen LogP contribution < -0.4 is 5.32 Å². The number of hydrogen-bond acceptors (Lipinski definition) is 1. The molecule has 0 saturated heterocycles. The zero-order chi connectivity index (χ0) is 15.7. The Morgan fingerprint density at radius 2 is 1.73 bits per heavy atom. The predicted octanol–water partition coefficient (Wildman–Crippen LogP) is 4.16. The highest BCUT2D eigenvalue weighted by Gasteiger charge is 2.47. The van der Waals surface area contributed by atoms with Gasteiger partial charge < -0.3 is 5.32 Å². The lowest BCUT2D eigenvalue weighted by Gasteiger charge is -2.40. The fourth-order valence-corrected chi connectivity index (χ4v) is 2.83. The van der Waals surface area contributed by atoms with Crippen molar-refractivity contribution in [2.45, 2.75) is 24.7 Å². The molecule has 2 aromatic carbocycles. The molecule has 0 aliphatic heterocycles. The third-order valence-electron chi connectivity index (χ3n) is 4.21. The molecule has 1 fully saturated rings. The third-order valence-corrected chi connectivity index (χ3v) is 4.21. The van der Waals surface area contributed by atoms with E-state index < -0.39 is 28.8 Å². The van der Waals surface area contributed by atoms with Crippen LogP contribution in [0.1, 0.15) is 24.8 Å². The van der Waals surface area contributed by atoms with E-state index in [4.69, 9.17) is 0 Å². The van der Waals surface area contributed by atoms with Crippen molar-refractivity contribution in [1.82, 2.24) is 0 Å². The second-order valence-electron chi connectivity index (χ2n) is 5.49. The van der Waals surface area contributed by atoms with Gasteiger partial charge in [-0.2, -0.15) is 0 Å². The minimum Gasteiger partial charge on any atom is -0.323 e. The van der Waals surface area contributed by atoms with Crippen LogP contribution in [-0.4, -0.2) is 5.91 Å². The smallest absolute Gasteiger partial charge is 0.235 e. The van der Waals surface area contributed by atoms with Crippen LogP contribution in [0.4, 0.5) is 18.9 Å². The van der Waals surface area contributed by atoms with Crippen molar-refractivity contribution in [3.05, 3.63) is 65.5 Å². The van der Waals surface area contributed by atoms with E-state index in [9.17, 15) is 18.0 Å². The van der Waals surface area contributed by atoms with Gasteiger partial charge in [0.2, 0.25) is 5.91 Å². The fraction of sp³-hybridized carbons (Fsp3) is 0.235. The number of anilines is 1. The summed E-state index contributed by atoms with van der Waals surface area (Å²) in [6.45, 7) is 0. The molecule has 3 rings (SSSR count). The molecule has 0 bridgehead atoms. The van der Waals surface area contributed by atoms with Crippen molar-refractivity contribution in [1.29, 1.82) is 0 Å². The Bertz CT molecular complexity index is 726. The van der Waals surface area contributed by atoms with Crippen molar-refractivity contribution in [3.8, 4) is 0 Å². The Hall–Kier alpha value is -2.30. The molecule has 0 radical (unpaired) electrons. The van der Waals surface area contributed by atoms with Crippen LogP contribution in [0.3, 0.4) is 0 Å². The summed E-state index contributed by atoms with van der Waals surface area (Å²) in [6.07, 6.45) is 1.75. The second kappa shape index (κ2) is 5.48. The summed E-state index contributed by atoms with van der Waals surface area (Å²) in [5.41, 5.74) is -0.937. The van der Waals surface area contributed by atoms with Gasteiger partial charge in [0.25, 0.3) is 0 Å². The Morgan fingerprint density at radius 3 is 2.36 bits per heavy atom. The lowest BCUT2D eigenvalue weighted by atomic mass is 9.63. The highest BCUT2D eigenvalue weighted by molar-refractivity contribution is 6.00. The SMILES string of the molecule is O=C(Nc1cc(F)ccc1F)C1(c2ccccc2F)CCC1. The first kappa shape index (κ1) is 14.6. The van der Waals surface area contributed by atoms with Gasteiger partial charge in [0.05, 0.1) is 11.1 Å². The number of benzene rings is 2. The molecule has 1 saturated carbocycles. The van der Waals surface area contributed by atoms with Gasteiger partial charge in [-0.05, 0) is 31.0 Å². The van der Waals surface area contributed by atoms with Crippen LogP contribution in [-0.2, 0) is 10.2 Å². The molecular formula is C17H14F3NO. The summed E-state index contributed by atoms with van der Waals surface area (Å²) in [7, 11) is 0. The third kappa shape index (κ3) is 2.36. The molecular weight excluding hydrogens is 291 g/mol. The molecule has 0 unspecified atom stereocenters. The van der Waals surface area contributed by atoms with E-state index in [1.54, 1.807) is 18.2 Å². The van der Waals surface area contributed by atoms with Gasteiger partial charge in [0.15, 0.2) is 0 Å². The summed E-state index contributed by atoms with van der Waals surface area (Å²) in [6, 6.07) is 8.91. The Kier molecular flexibility index (Phi) is 3.64. The van der Waals surface area contributed by atoms with Gasteiger partial charge in [0, 0.05) is 11.6 Å². The average molecular weight is 305 g/mol. The Labute approximate surface area is 126 Å². The normalized spacial score (nSPS) is 16.0. The Morgan fingerprint density at radius 1 is 1.00 bits per heavy atom. The van der Waals surface area contributed by atoms with Crippen molar-refractivity contribution < 1.29 is 18.0 Å². The van der Waals surface area contributed by atoms with Gasteiger partial charge in [-0.15, -0.1) is 0 Å². The second-order valence-corrected chi connectivity index (χ2v) is 5.49. The summed E-state index contributed by atoms with van der Waals surface area (Å²) >= 11 is 0. The number of carbonyl (C=O) groups is 1. The van der Waals surface area contributed by atoms with Gasteiger partial charge in [0.1, 0.15) is 17.5 Å². The minimum absolute atomic E-state index is 0.229. The zero-order valence-corrected chi connectivity index (χ0v) is 11.7. The van der Waals surface area contributed by atoms with Crippen LogP contribution in [0.15, 0.2) is 42.5 Å². The summed E-state index contributed by atoms with van der Waals surface area (Å²) < 4.78 is 40.9. The van der Waals surface area contributed by atoms with Gasteiger partial charge in [-0.25, -0.2) is 13.2 Å². The van der Waals surface area contributed by atoms with Crippen LogP contribution in [0.2, 0.25) is 0 Å². The summed E-state index contributed by atoms with van der Waals surface area (Å²) in [4.78, 5) is 12.6. The quantitative estimate of drug-likeness (QED) is 0.906. The summed E-state index contributed by atoms with van der Waals surface area (Å²) in [5.74, 6) is -2.34. The maximum Gasteiger partial charge on any atom is 0.235 e.